The second kappa shape index (κ2) is 8.58. The van der Waals surface area contributed by atoms with Gasteiger partial charge in [-0.25, -0.2) is 5.43 Å². The third-order valence-corrected chi connectivity index (χ3v) is 4.39. The molecule has 3 rings (SSSR count). The Hall–Kier alpha value is -3.32. The van der Waals surface area contributed by atoms with Gasteiger partial charge in [-0.1, -0.05) is 11.6 Å². The molecule has 0 atom stereocenters. The number of hydrogen-bond acceptors (Lipinski definition) is 4. The molecule has 7 nitrogen and oxygen atoms in total. The first-order valence-corrected chi connectivity index (χ1v) is 8.92. The molecule has 2 N–H and O–H groups in total. The van der Waals surface area contributed by atoms with Crippen LogP contribution in [0.15, 0.2) is 58.2 Å². The second-order valence-electron chi connectivity index (χ2n) is 6.10. The third kappa shape index (κ3) is 4.50. The Labute approximate surface area is 167 Å². The Kier molecular flexibility index (Phi) is 5.96. The van der Waals surface area contributed by atoms with Crippen LogP contribution in [-0.4, -0.2) is 22.6 Å². The molecular formula is C20H19ClN4O3. The number of aryl methyl sites for hydroxylation is 1. The molecular weight excluding hydrogens is 380 g/mol. The van der Waals surface area contributed by atoms with E-state index in [0.29, 0.717) is 10.8 Å². The van der Waals surface area contributed by atoms with Gasteiger partial charge < -0.3 is 14.3 Å². The molecule has 0 aliphatic rings. The molecule has 0 spiro atoms. The summed E-state index contributed by atoms with van der Waals surface area (Å²) >= 11 is 5.95. The molecule has 28 heavy (non-hydrogen) atoms. The number of hydrogen-bond donors (Lipinski definition) is 2. The van der Waals surface area contributed by atoms with Gasteiger partial charge in [-0.15, -0.1) is 0 Å². The van der Waals surface area contributed by atoms with Crippen LogP contribution in [0.2, 0.25) is 5.02 Å². The highest BCUT2D eigenvalue weighted by Gasteiger charge is 2.13. The minimum atomic E-state index is -0.852. The molecule has 0 fully saturated rings. The molecule has 144 valence electrons. The zero-order valence-electron chi connectivity index (χ0n) is 15.4. The molecule has 0 radical (unpaired) electrons. The molecule has 2 amide bonds. The fraction of sp³-hybridized carbons (Fsp3) is 0.150. The standard InChI is InChI=1S/C20H19ClN4O3/c1-13-10-15(14(2)25(13)17-7-5-16(21)6-8-17)11-23-24-20(27)19(26)22-12-18-4-3-9-28-18/h3-11H,12H2,1-2H3,(H,22,26)(H,24,27)/b23-11-. The van der Waals surface area contributed by atoms with E-state index in [2.05, 4.69) is 20.4 Å². The number of amides is 2. The maximum Gasteiger partial charge on any atom is 0.329 e. The SMILES string of the molecule is Cc1cc(/C=N\NC(=O)C(=O)NCc2ccco2)c(C)n1-c1ccc(Cl)cc1. The number of carbonyl (C=O) groups excluding carboxylic acids is 2. The van der Waals surface area contributed by atoms with Crippen LogP contribution < -0.4 is 10.7 Å². The fourth-order valence-corrected chi connectivity index (χ4v) is 2.90. The molecule has 0 aliphatic carbocycles. The molecule has 0 saturated carbocycles. The summed E-state index contributed by atoms with van der Waals surface area (Å²) in [4.78, 5) is 23.6. The molecule has 0 aliphatic heterocycles. The van der Waals surface area contributed by atoms with E-state index in [-0.39, 0.29) is 6.54 Å². The van der Waals surface area contributed by atoms with Gasteiger partial charge in [0, 0.05) is 27.7 Å². The normalized spacial score (nSPS) is 11.0. The highest BCUT2D eigenvalue weighted by atomic mass is 35.5. The van der Waals surface area contributed by atoms with Crippen molar-refractivity contribution in [3.05, 3.63) is 76.5 Å². The molecule has 2 aromatic heterocycles. The smallest absolute Gasteiger partial charge is 0.329 e. The Morgan fingerprint density at radius 1 is 1.18 bits per heavy atom. The van der Waals surface area contributed by atoms with Crippen LogP contribution in [0.4, 0.5) is 0 Å². The predicted octanol–water partition coefficient (Wildman–Crippen LogP) is 3.11. The molecule has 8 heteroatoms. The summed E-state index contributed by atoms with van der Waals surface area (Å²) in [6, 6.07) is 12.8. The Morgan fingerprint density at radius 2 is 1.93 bits per heavy atom. The van der Waals surface area contributed by atoms with Crippen molar-refractivity contribution in [1.29, 1.82) is 0 Å². The van der Waals surface area contributed by atoms with Crippen LogP contribution >= 0.6 is 11.6 Å². The molecule has 3 aromatic rings. The van der Waals surface area contributed by atoms with Gasteiger partial charge in [-0.05, 0) is 56.3 Å². The number of benzene rings is 1. The van der Waals surface area contributed by atoms with Crippen molar-refractivity contribution in [3.63, 3.8) is 0 Å². The van der Waals surface area contributed by atoms with E-state index in [1.807, 2.05) is 44.2 Å². The van der Waals surface area contributed by atoms with Crippen molar-refractivity contribution >= 4 is 29.6 Å². The predicted molar refractivity (Wildman–Crippen MR) is 107 cm³/mol. The lowest BCUT2D eigenvalue weighted by atomic mass is 10.2. The number of rotatable bonds is 5. The first-order valence-electron chi connectivity index (χ1n) is 8.54. The van der Waals surface area contributed by atoms with Crippen molar-refractivity contribution in [1.82, 2.24) is 15.3 Å². The number of nitrogens with one attached hydrogen (secondary N) is 2. The summed E-state index contributed by atoms with van der Waals surface area (Å²) < 4.78 is 7.14. The number of furan rings is 1. The summed E-state index contributed by atoms with van der Waals surface area (Å²) in [7, 11) is 0. The van der Waals surface area contributed by atoms with Crippen LogP contribution in [0.25, 0.3) is 5.69 Å². The second-order valence-corrected chi connectivity index (χ2v) is 6.54. The summed E-state index contributed by atoms with van der Waals surface area (Å²) in [6.45, 7) is 4.05. The molecule has 2 heterocycles. The molecule has 1 aromatic carbocycles. The van der Waals surface area contributed by atoms with E-state index >= 15 is 0 Å². The van der Waals surface area contributed by atoms with Crippen molar-refractivity contribution in [2.24, 2.45) is 5.10 Å². The minimum Gasteiger partial charge on any atom is -0.467 e. The van der Waals surface area contributed by atoms with E-state index in [9.17, 15) is 9.59 Å². The summed E-state index contributed by atoms with van der Waals surface area (Å²) in [5.41, 5.74) is 5.97. The van der Waals surface area contributed by atoms with E-state index in [4.69, 9.17) is 16.0 Å². The first kappa shape index (κ1) is 19.4. The largest absolute Gasteiger partial charge is 0.467 e. The van der Waals surface area contributed by atoms with Crippen molar-refractivity contribution in [2.45, 2.75) is 20.4 Å². The molecule has 0 unspecified atom stereocenters. The zero-order valence-corrected chi connectivity index (χ0v) is 16.2. The van der Waals surface area contributed by atoms with Crippen LogP contribution in [0.1, 0.15) is 22.7 Å². The van der Waals surface area contributed by atoms with Crippen molar-refractivity contribution in [3.8, 4) is 5.69 Å². The fourth-order valence-electron chi connectivity index (χ4n) is 2.78. The van der Waals surface area contributed by atoms with Crippen LogP contribution in [0, 0.1) is 13.8 Å². The van der Waals surface area contributed by atoms with E-state index in [0.717, 1.165) is 22.6 Å². The van der Waals surface area contributed by atoms with E-state index in [1.54, 1.807) is 12.1 Å². The maximum absolute atomic E-state index is 11.8. The Bertz CT molecular complexity index is 1010. The molecule has 0 bridgehead atoms. The van der Waals surface area contributed by atoms with Gasteiger partial charge in [0.25, 0.3) is 0 Å². The lowest BCUT2D eigenvalue weighted by Crippen LogP contribution is -2.37. The van der Waals surface area contributed by atoms with Gasteiger partial charge in [-0.3, -0.25) is 9.59 Å². The number of carbonyl (C=O) groups is 2. The minimum absolute atomic E-state index is 0.130. The quantitative estimate of drug-likeness (QED) is 0.393. The first-order chi connectivity index (χ1) is 13.5. The number of aromatic nitrogens is 1. The van der Waals surface area contributed by atoms with E-state index in [1.165, 1.54) is 12.5 Å². The Balaban J connectivity index is 1.62. The number of halogens is 1. The molecule has 0 saturated heterocycles. The zero-order chi connectivity index (χ0) is 20.1. The van der Waals surface area contributed by atoms with Crippen LogP contribution in [0.5, 0.6) is 0 Å². The van der Waals surface area contributed by atoms with Crippen molar-refractivity contribution < 1.29 is 14.0 Å². The van der Waals surface area contributed by atoms with Crippen molar-refractivity contribution in [2.75, 3.05) is 0 Å². The van der Waals surface area contributed by atoms with Gasteiger partial charge in [0.1, 0.15) is 5.76 Å². The van der Waals surface area contributed by atoms with Gasteiger partial charge in [0.05, 0.1) is 19.0 Å². The van der Waals surface area contributed by atoms with Crippen LogP contribution in [-0.2, 0) is 16.1 Å². The summed E-state index contributed by atoms with van der Waals surface area (Å²) in [6.07, 6.45) is 3.00. The van der Waals surface area contributed by atoms with Gasteiger partial charge in [0.15, 0.2) is 0 Å². The monoisotopic (exact) mass is 398 g/mol. The summed E-state index contributed by atoms with van der Waals surface area (Å²) in [5, 5.41) is 7.01. The third-order valence-electron chi connectivity index (χ3n) is 4.13. The van der Waals surface area contributed by atoms with E-state index < -0.39 is 11.8 Å². The average molecular weight is 399 g/mol. The van der Waals surface area contributed by atoms with Gasteiger partial charge in [-0.2, -0.15) is 5.10 Å². The lowest BCUT2D eigenvalue weighted by Gasteiger charge is -2.09. The number of hydrazone groups is 1. The number of nitrogens with zero attached hydrogens (tertiary/aromatic N) is 2. The lowest BCUT2D eigenvalue weighted by molar-refractivity contribution is -0.139. The topological polar surface area (TPSA) is 88.6 Å². The maximum atomic E-state index is 11.8. The Morgan fingerprint density at radius 3 is 2.61 bits per heavy atom. The highest BCUT2D eigenvalue weighted by Crippen LogP contribution is 2.21. The summed E-state index contributed by atoms with van der Waals surface area (Å²) in [5.74, 6) is -1.09. The highest BCUT2D eigenvalue weighted by molar-refractivity contribution is 6.35. The van der Waals surface area contributed by atoms with Gasteiger partial charge >= 0.3 is 11.8 Å². The van der Waals surface area contributed by atoms with Crippen LogP contribution in [0.3, 0.4) is 0 Å². The average Bonchev–Trinajstić information content (AvgIpc) is 3.29. The van der Waals surface area contributed by atoms with Gasteiger partial charge in [0.2, 0.25) is 0 Å².